The molecule has 0 saturated carbocycles. The summed E-state index contributed by atoms with van der Waals surface area (Å²) >= 11 is 0. The Kier molecular flexibility index (Phi) is 4.65. The van der Waals surface area contributed by atoms with Gasteiger partial charge in [-0.15, -0.1) is 0 Å². The molecule has 1 heterocycles. The molecule has 1 N–H and O–H groups in total. The number of Topliss-reactive ketones (excluding diaryl/α,β-unsaturated/α-hetero) is 1. The molecular formula is C12H15NO5. The Morgan fingerprint density at radius 2 is 2.06 bits per heavy atom. The third-order valence-electron chi connectivity index (χ3n) is 2.38. The molecule has 98 valence electrons. The van der Waals surface area contributed by atoms with E-state index in [4.69, 9.17) is 9.84 Å². The zero-order valence-corrected chi connectivity index (χ0v) is 10.3. The maximum absolute atomic E-state index is 11.2. The van der Waals surface area contributed by atoms with Crippen molar-refractivity contribution in [2.45, 2.75) is 26.8 Å². The fourth-order valence-electron chi connectivity index (χ4n) is 1.51. The van der Waals surface area contributed by atoms with E-state index in [2.05, 4.69) is 0 Å². The van der Waals surface area contributed by atoms with Crippen LogP contribution in [0.5, 0.6) is 0 Å². The number of carboxylic acids is 1. The molecule has 0 aliphatic rings. The van der Waals surface area contributed by atoms with E-state index in [1.807, 2.05) is 0 Å². The van der Waals surface area contributed by atoms with Gasteiger partial charge in [0, 0.05) is 18.3 Å². The molecule has 0 fully saturated rings. The van der Waals surface area contributed by atoms with Gasteiger partial charge in [0.2, 0.25) is 0 Å². The van der Waals surface area contributed by atoms with E-state index in [0.29, 0.717) is 5.56 Å². The zero-order chi connectivity index (χ0) is 13.7. The van der Waals surface area contributed by atoms with Crippen molar-refractivity contribution in [3.05, 3.63) is 23.5 Å². The summed E-state index contributed by atoms with van der Waals surface area (Å²) in [6.07, 6.45) is 1.51. The minimum atomic E-state index is -1.13. The van der Waals surface area contributed by atoms with Crippen molar-refractivity contribution in [3.63, 3.8) is 0 Å². The van der Waals surface area contributed by atoms with Gasteiger partial charge in [0.15, 0.2) is 5.78 Å². The van der Waals surface area contributed by atoms with Gasteiger partial charge in [-0.25, -0.2) is 4.79 Å². The Labute approximate surface area is 104 Å². The highest BCUT2D eigenvalue weighted by atomic mass is 16.5. The lowest BCUT2D eigenvalue weighted by molar-refractivity contribution is -0.143. The minimum Gasteiger partial charge on any atom is -0.477 e. The van der Waals surface area contributed by atoms with Crippen molar-refractivity contribution < 1.29 is 24.2 Å². The topological polar surface area (TPSA) is 85.6 Å². The number of ketones is 1. The first-order valence-corrected chi connectivity index (χ1v) is 5.55. The molecule has 0 saturated heterocycles. The van der Waals surface area contributed by atoms with E-state index in [9.17, 15) is 14.4 Å². The van der Waals surface area contributed by atoms with Crippen LogP contribution in [0.15, 0.2) is 12.3 Å². The number of rotatable bonds is 6. The van der Waals surface area contributed by atoms with Crippen molar-refractivity contribution in [2.24, 2.45) is 0 Å². The molecule has 1 aromatic rings. The number of carbonyl (C=O) groups is 3. The lowest BCUT2D eigenvalue weighted by atomic mass is 10.2. The largest absolute Gasteiger partial charge is 0.477 e. The van der Waals surface area contributed by atoms with E-state index < -0.39 is 11.9 Å². The average Bonchev–Trinajstić information content (AvgIpc) is 2.71. The molecule has 0 aromatic carbocycles. The number of ether oxygens (including phenoxy) is 1. The van der Waals surface area contributed by atoms with Gasteiger partial charge in [-0.3, -0.25) is 9.59 Å². The molecule has 6 nitrogen and oxygen atoms in total. The zero-order valence-electron chi connectivity index (χ0n) is 10.3. The van der Waals surface area contributed by atoms with Crippen molar-refractivity contribution >= 4 is 17.7 Å². The van der Waals surface area contributed by atoms with E-state index in [1.165, 1.54) is 23.8 Å². The minimum absolute atomic E-state index is 0.00972. The molecule has 6 heteroatoms. The monoisotopic (exact) mass is 253 g/mol. The summed E-state index contributed by atoms with van der Waals surface area (Å²) in [5.74, 6) is -1.74. The van der Waals surface area contributed by atoms with Crippen LogP contribution in [0.2, 0.25) is 0 Å². The number of carboxylic acid groups (broad SMARTS) is 1. The number of hydrogen-bond donors (Lipinski definition) is 1. The Balaban J connectivity index is 2.83. The predicted molar refractivity (Wildman–Crippen MR) is 62.6 cm³/mol. The third-order valence-corrected chi connectivity index (χ3v) is 2.38. The van der Waals surface area contributed by atoms with E-state index in [1.54, 1.807) is 6.92 Å². The van der Waals surface area contributed by atoms with Crippen molar-refractivity contribution in [1.29, 1.82) is 0 Å². The van der Waals surface area contributed by atoms with Crippen molar-refractivity contribution in [3.8, 4) is 0 Å². The fourth-order valence-corrected chi connectivity index (χ4v) is 1.51. The van der Waals surface area contributed by atoms with E-state index in [-0.39, 0.29) is 31.0 Å². The van der Waals surface area contributed by atoms with Gasteiger partial charge >= 0.3 is 11.9 Å². The summed E-state index contributed by atoms with van der Waals surface area (Å²) in [7, 11) is 0. The second kappa shape index (κ2) is 6.00. The molecule has 0 radical (unpaired) electrons. The van der Waals surface area contributed by atoms with Gasteiger partial charge in [0.1, 0.15) is 5.69 Å². The maximum atomic E-state index is 11.2. The number of aromatic nitrogens is 1. The second-order valence-corrected chi connectivity index (χ2v) is 3.72. The first kappa shape index (κ1) is 14.0. The van der Waals surface area contributed by atoms with Gasteiger partial charge in [-0.05, 0) is 19.9 Å². The van der Waals surface area contributed by atoms with E-state index >= 15 is 0 Å². The van der Waals surface area contributed by atoms with Crippen molar-refractivity contribution in [2.75, 3.05) is 6.61 Å². The number of aryl methyl sites for hydroxylation is 1. The third kappa shape index (κ3) is 3.44. The molecule has 18 heavy (non-hydrogen) atoms. The maximum Gasteiger partial charge on any atom is 0.352 e. The van der Waals surface area contributed by atoms with Crippen LogP contribution in [0.3, 0.4) is 0 Å². The molecule has 0 aliphatic heterocycles. The Morgan fingerprint density at radius 1 is 1.39 bits per heavy atom. The highest BCUT2D eigenvalue weighted by molar-refractivity contribution is 5.97. The molecule has 1 aromatic heterocycles. The summed E-state index contributed by atoms with van der Waals surface area (Å²) in [6, 6.07) is 1.30. The number of carbonyl (C=O) groups excluding carboxylic acids is 2. The number of hydrogen-bond acceptors (Lipinski definition) is 4. The second-order valence-electron chi connectivity index (χ2n) is 3.72. The molecule has 0 aliphatic carbocycles. The smallest absolute Gasteiger partial charge is 0.352 e. The summed E-state index contributed by atoms with van der Waals surface area (Å²) in [5, 5.41) is 8.98. The number of nitrogens with zero attached hydrogens (tertiary/aromatic N) is 1. The standard InChI is InChI=1S/C12H15NO5/c1-3-18-11(15)4-5-13-7-9(8(2)14)6-10(13)12(16)17/h6-7H,3-5H2,1-2H3,(H,16,17). The molecule has 0 spiro atoms. The number of esters is 1. The predicted octanol–water partition coefficient (Wildman–Crippen LogP) is 1.34. The van der Waals surface area contributed by atoms with Gasteiger partial charge in [-0.1, -0.05) is 0 Å². The van der Waals surface area contributed by atoms with Crippen LogP contribution in [-0.4, -0.2) is 34.0 Å². The van der Waals surface area contributed by atoms with Crippen LogP contribution >= 0.6 is 0 Å². The summed E-state index contributed by atoms with van der Waals surface area (Å²) < 4.78 is 6.12. The first-order chi connectivity index (χ1) is 8.45. The summed E-state index contributed by atoms with van der Waals surface area (Å²) in [5.41, 5.74) is 0.306. The molecular weight excluding hydrogens is 238 g/mol. The van der Waals surface area contributed by atoms with Crippen LogP contribution in [0.4, 0.5) is 0 Å². The average molecular weight is 253 g/mol. The number of aromatic carboxylic acids is 1. The Morgan fingerprint density at radius 3 is 2.56 bits per heavy atom. The van der Waals surface area contributed by atoms with Gasteiger partial charge in [-0.2, -0.15) is 0 Å². The highest BCUT2D eigenvalue weighted by Gasteiger charge is 2.15. The fraction of sp³-hybridized carbons (Fsp3) is 0.417. The van der Waals surface area contributed by atoms with Crippen LogP contribution in [0.1, 0.15) is 41.1 Å². The quantitative estimate of drug-likeness (QED) is 0.610. The van der Waals surface area contributed by atoms with E-state index in [0.717, 1.165) is 0 Å². The van der Waals surface area contributed by atoms with Crippen LogP contribution in [0.25, 0.3) is 0 Å². The molecule has 1 rings (SSSR count). The molecule has 0 amide bonds. The lowest BCUT2D eigenvalue weighted by Crippen LogP contribution is -2.12. The van der Waals surface area contributed by atoms with Gasteiger partial charge in [0.05, 0.1) is 13.0 Å². The van der Waals surface area contributed by atoms with Gasteiger partial charge < -0.3 is 14.4 Å². The van der Waals surface area contributed by atoms with Crippen molar-refractivity contribution in [1.82, 2.24) is 4.57 Å². The van der Waals surface area contributed by atoms with Crippen LogP contribution < -0.4 is 0 Å². The summed E-state index contributed by atoms with van der Waals surface area (Å²) in [6.45, 7) is 3.52. The van der Waals surface area contributed by atoms with Crippen LogP contribution in [0, 0.1) is 0 Å². The lowest BCUT2D eigenvalue weighted by Gasteiger charge is -2.05. The van der Waals surface area contributed by atoms with Crippen LogP contribution in [-0.2, 0) is 16.1 Å². The Bertz CT molecular complexity index is 475. The Hall–Kier alpha value is -2.11. The molecule has 0 bridgehead atoms. The summed E-state index contributed by atoms with van der Waals surface area (Å²) in [4.78, 5) is 33.3. The SMILES string of the molecule is CCOC(=O)CCn1cc(C(C)=O)cc1C(=O)O. The van der Waals surface area contributed by atoms with Gasteiger partial charge in [0.25, 0.3) is 0 Å². The first-order valence-electron chi connectivity index (χ1n) is 5.55. The normalized spacial score (nSPS) is 10.1. The molecule has 0 atom stereocenters. The molecule has 0 unspecified atom stereocenters. The highest BCUT2D eigenvalue weighted by Crippen LogP contribution is 2.11.